The summed E-state index contributed by atoms with van der Waals surface area (Å²) in [5.74, 6) is -1.23. The third-order valence-electron chi connectivity index (χ3n) is 5.01. The minimum atomic E-state index is -0.736. The largest absolute Gasteiger partial charge is 0.488 e. The summed E-state index contributed by atoms with van der Waals surface area (Å²) in [7, 11) is 0. The Labute approximate surface area is 189 Å². The van der Waals surface area contributed by atoms with Crippen LogP contribution in [0.2, 0.25) is 0 Å². The fraction of sp³-hybridized carbons (Fsp3) is 0.0370. The van der Waals surface area contributed by atoms with E-state index in [2.05, 4.69) is 5.32 Å². The Morgan fingerprint density at radius 1 is 0.939 bits per heavy atom. The van der Waals surface area contributed by atoms with Crippen LogP contribution in [-0.4, -0.2) is 5.91 Å². The summed E-state index contributed by atoms with van der Waals surface area (Å²) < 4.78 is 33.1. The zero-order valence-electron chi connectivity index (χ0n) is 17.4. The summed E-state index contributed by atoms with van der Waals surface area (Å²) >= 11 is 0. The summed E-state index contributed by atoms with van der Waals surface area (Å²) in [4.78, 5) is 12.7. The van der Waals surface area contributed by atoms with E-state index in [9.17, 15) is 18.8 Å². The summed E-state index contributed by atoms with van der Waals surface area (Å²) in [6.45, 7) is 0.169. The number of ether oxygens (including phenoxy) is 1. The van der Waals surface area contributed by atoms with E-state index in [-0.39, 0.29) is 23.7 Å². The van der Waals surface area contributed by atoms with Crippen LogP contribution in [0.25, 0.3) is 16.8 Å². The maximum atomic E-state index is 13.9. The molecule has 0 heterocycles. The summed E-state index contributed by atoms with van der Waals surface area (Å²) in [5, 5.41) is 13.8. The molecule has 0 saturated carbocycles. The number of carbonyl (C=O) groups is 1. The molecule has 4 aromatic carbocycles. The molecule has 6 heteroatoms. The SMILES string of the molecule is N#C/C(=C\c1c(OCc2ccc(F)cc2)ccc2ccccc12)C(=O)Nc1ccccc1F. The monoisotopic (exact) mass is 440 g/mol. The van der Waals surface area contributed by atoms with Crippen LogP contribution in [0.15, 0.2) is 90.5 Å². The van der Waals surface area contributed by atoms with Crippen LogP contribution in [-0.2, 0) is 11.4 Å². The van der Waals surface area contributed by atoms with Crippen LogP contribution in [0.5, 0.6) is 5.75 Å². The minimum Gasteiger partial charge on any atom is -0.488 e. The Morgan fingerprint density at radius 3 is 2.42 bits per heavy atom. The molecule has 0 fully saturated rings. The Morgan fingerprint density at radius 2 is 1.67 bits per heavy atom. The van der Waals surface area contributed by atoms with E-state index in [1.807, 2.05) is 36.4 Å². The number of halogens is 2. The first kappa shape index (κ1) is 21.7. The third kappa shape index (κ3) is 5.05. The van der Waals surface area contributed by atoms with E-state index < -0.39 is 11.7 Å². The van der Waals surface area contributed by atoms with Gasteiger partial charge in [-0.3, -0.25) is 4.79 Å². The van der Waals surface area contributed by atoms with Crippen molar-refractivity contribution in [3.05, 3.63) is 113 Å². The Bertz CT molecular complexity index is 1390. The number of amides is 1. The van der Waals surface area contributed by atoms with Gasteiger partial charge in [-0.2, -0.15) is 5.26 Å². The molecule has 4 nitrogen and oxygen atoms in total. The highest BCUT2D eigenvalue weighted by atomic mass is 19.1. The van der Waals surface area contributed by atoms with Gasteiger partial charge in [0.1, 0.15) is 35.6 Å². The number of hydrogen-bond donors (Lipinski definition) is 1. The van der Waals surface area contributed by atoms with Crippen LogP contribution >= 0.6 is 0 Å². The van der Waals surface area contributed by atoms with Gasteiger partial charge in [0.25, 0.3) is 5.91 Å². The number of hydrogen-bond acceptors (Lipinski definition) is 3. The van der Waals surface area contributed by atoms with Crippen molar-refractivity contribution in [2.24, 2.45) is 0 Å². The molecule has 0 aliphatic carbocycles. The van der Waals surface area contributed by atoms with Crippen molar-refractivity contribution < 1.29 is 18.3 Å². The van der Waals surface area contributed by atoms with E-state index in [1.165, 1.54) is 36.4 Å². The van der Waals surface area contributed by atoms with Gasteiger partial charge in [-0.15, -0.1) is 0 Å². The number of nitriles is 1. The van der Waals surface area contributed by atoms with Crippen molar-refractivity contribution in [3.8, 4) is 11.8 Å². The number of fused-ring (bicyclic) bond motifs is 1. The molecule has 4 rings (SSSR count). The first-order valence-electron chi connectivity index (χ1n) is 10.1. The lowest BCUT2D eigenvalue weighted by atomic mass is 10.0. The number of carbonyl (C=O) groups excluding carboxylic acids is 1. The average molecular weight is 440 g/mol. The van der Waals surface area contributed by atoms with Gasteiger partial charge in [0.15, 0.2) is 0 Å². The highest BCUT2D eigenvalue weighted by Crippen LogP contribution is 2.31. The number of nitrogens with one attached hydrogen (secondary N) is 1. The first-order valence-corrected chi connectivity index (χ1v) is 10.1. The van der Waals surface area contributed by atoms with Gasteiger partial charge in [-0.05, 0) is 52.7 Å². The fourth-order valence-electron chi connectivity index (χ4n) is 3.34. The van der Waals surface area contributed by atoms with Crippen molar-refractivity contribution in [2.75, 3.05) is 5.32 Å². The zero-order valence-corrected chi connectivity index (χ0v) is 17.4. The van der Waals surface area contributed by atoms with E-state index in [1.54, 1.807) is 24.3 Å². The van der Waals surface area contributed by atoms with Gasteiger partial charge in [-0.25, -0.2) is 8.78 Å². The standard InChI is InChI=1S/C27H18F2N2O2/c28-21-12-9-18(10-13-21)17-33-26-14-11-19-5-1-2-6-22(19)23(26)15-20(16-30)27(32)31-25-8-4-3-7-24(25)29/h1-15H,17H2,(H,31,32)/b20-15+. The fourth-order valence-corrected chi connectivity index (χ4v) is 3.34. The van der Waals surface area contributed by atoms with Crippen molar-refractivity contribution >= 4 is 28.4 Å². The quantitative estimate of drug-likeness (QED) is 0.285. The second kappa shape index (κ2) is 9.75. The lowest BCUT2D eigenvalue weighted by Gasteiger charge is -2.13. The highest BCUT2D eigenvalue weighted by Gasteiger charge is 2.15. The molecule has 162 valence electrons. The Hall–Kier alpha value is -4.50. The van der Waals surface area contributed by atoms with Crippen LogP contribution < -0.4 is 10.1 Å². The molecule has 0 aliphatic heterocycles. The maximum Gasteiger partial charge on any atom is 0.266 e. The van der Waals surface area contributed by atoms with E-state index in [0.717, 1.165) is 16.3 Å². The predicted octanol–water partition coefficient (Wildman–Crippen LogP) is 6.24. The van der Waals surface area contributed by atoms with Crippen molar-refractivity contribution in [2.45, 2.75) is 6.61 Å². The molecule has 0 saturated heterocycles. The summed E-state index contributed by atoms with van der Waals surface area (Å²) in [5.41, 5.74) is 1.07. The van der Waals surface area contributed by atoms with Gasteiger partial charge in [0.05, 0.1) is 5.69 Å². The lowest BCUT2D eigenvalue weighted by molar-refractivity contribution is -0.112. The number of rotatable bonds is 6. The minimum absolute atomic E-state index is 0.0191. The molecule has 0 radical (unpaired) electrons. The normalized spacial score (nSPS) is 11.1. The summed E-state index contributed by atoms with van der Waals surface area (Å²) in [6, 6.07) is 24.7. The van der Waals surface area contributed by atoms with Gasteiger partial charge in [0, 0.05) is 5.56 Å². The van der Waals surface area contributed by atoms with Gasteiger partial charge >= 0.3 is 0 Å². The van der Waals surface area contributed by atoms with Crippen molar-refractivity contribution in [1.29, 1.82) is 5.26 Å². The number of para-hydroxylation sites is 1. The second-order valence-corrected chi connectivity index (χ2v) is 7.22. The maximum absolute atomic E-state index is 13.9. The number of benzene rings is 4. The van der Waals surface area contributed by atoms with Gasteiger partial charge in [0.2, 0.25) is 0 Å². The molecule has 0 unspecified atom stereocenters. The molecular weight excluding hydrogens is 422 g/mol. The molecule has 0 spiro atoms. The second-order valence-electron chi connectivity index (χ2n) is 7.22. The van der Waals surface area contributed by atoms with Crippen molar-refractivity contribution in [1.82, 2.24) is 0 Å². The van der Waals surface area contributed by atoms with E-state index in [4.69, 9.17) is 4.74 Å². The molecule has 0 aliphatic rings. The molecule has 0 bridgehead atoms. The van der Waals surface area contributed by atoms with Gasteiger partial charge < -0.3 is 10.1 Å². The van der Waals surface area contributed by atoms with Crippen LogP contribution in [0, 0.1) is 23.0 Å². The number of anilines is 1. The van der Waals surface area contributed by atoms with Crippen LogP contribution in [0.3, 0.4) is 0 Å². The molecule has 0 aromatic heterocycles. The molecule has 4 aromatic rings. The highest BCUT2D eigenvalue weighted by molar-refractivity contribution is 6.11. The summed E-state index contributed by atoms with van der Waals surface area (Å²) in [6.07, 6.45) is 1.43. The molecule has 1 amide bonds. The zero-order chi connectivity index (χ0) is 23.2. The topological polar surface area (TPSA) is 62.1 Å². The Balaban J connectivity index is 1.70. The smallest absolute Gasteiger partial charge is 0.266 e. The lowest BCUT2D eigenvalue weighted by Crippen LogP contribution is -2.14. The first-order chi connectivity index (χ1) is 16.0. The molecule has 0 atom stereocenters. The molecular formula is C27H18F2N2O2. The van der Waals surface area contributed by atoms with E-state index in [0.29, 0.717) is 11.3 Å². The molecule has 33 heavy (non-hydrogen) atoms. The van der Waals surface area contributed by atoms with E-state index >= 15 is 0 Å². The number of nitrogens with zero attached hydrogens (tertiary/aromatic N) is 1. The van der Waals surface area contributed by atoms with Crippen LogP contribution in [0.4, 0.5) is 14.5 Å². The average Bonchev–Trinajstić information content (AvgIpc) is 2.84. The Kier molecular flexibility index (Phi) is 6.42. The van der Waals surface area contributed by atoms with Gasteiger partial charge in [-0.1, -0.05) is 54.6 Å². The molecule has 1 N–H and O–H groups in total. The third-order valence-corrected chi connectivity index (χ3v) is 5.01. The predicted molar refractivity (Wildman–Crippen MR) is 123 cm³/mol. The van der Waals surface area contributed by atoms with Crippen LogP contribution in [0.1, 0.15) is 11.1 Å². The van der Waals surface area contributed by atoms with Crippen molar-refractivity contribution in [3.63, 3.8) is 0 Å².